The highest BCUT2D eigenvalue weighted by Gasteiger charge is 2.49. The van der Waals surface area contributed by atoms with Crippen LogP contribution in [0.4, 0.5) is 0 Å². The summed E-state index contributed by atoms with van der Waals surface area (Å²) in [6.07, 6.45) is 8.40. The van der Waals surface area contributed by atoms with Crippen LogP contribution in [0.3, 0.4) is 0 Å². The van der Waals surface area contributed by atoms with Gasteiger partial charge in [-0.15, -0.1) is 0 Å². The fourth-order valence-corrected chi connectivity index (χ4v) is 4.31. The van der Waals surface area contributed by atoms with Gasteiger partial charge in [0.2, 0.25) is 5.88 Å². The number of hydrogen-bond acceptors (Lipinski definition) is 5. The lowest BCUT2D eigenvalue weighted by molar-refractivity contribution is -0.118. The number of ketones is 1. The van der Waals surface area contributed by atoms with Gasteiger partial charge in [0, 0.05) is 25.5 Å². The van der Waals surface area contributed by atoms with E-state index in [1.807, 2.05) is 42.5 Å². The number of carbonyl (C=O) groups excluding carboxylic acids is 1. The molecule has 5 nitrogen and oxygen atoms in total. The molecule has 2 N–H and O–H groups in total. The highest BCUT2D eigenvalue weighted by atomic mass is 16.5. The molecule has 5 heteroatoms. The highest BCUT2D eigenvalue weighted by Crippen LogP contribution is 2.47. The van der Waals surface area contributed by atoms with Crippen LogP contribution in [0.1, 0.15) is 31.2 Å². The average molecular weight is 374 g/mol. The Bertz CT molecular complexity index is 979. The Hall–Kier alpha value is -3.10. The van der Waals surface area contributed by atoms with E-state index >= 15 is 0 Å². The van der Waals surface area contributed by atoms with E-state index in [9.17, 15) is 10.1 Å². The van der Waals surface area contributed by atoms with Crippen LogP contribution in [-0.2, 0) is 14.3 Å². The van der Waals surface area contributed by atoms with Gasteiger partial charge in [-0.3, -0.25) is 4.79 Å². The van der Waals surface area contributed by atoms with Crippen LogP contribution in [-0.4, -0.2) is 18.5 Å². The second kappa shape index (κ2) is 7.14. The molecular formula is C23H22N2O3. The topological polar surface area (TPSA) is 85.3 Å². The first-order valence-corrected chi connectivity index (χ1v) is 9.43. The van der Waals surface area contributed by atoms with Gasteiger partial charge in [0.05, 0.1) is 5.92 Å². The van der Waals surface area contributed by atoms with E-state index in [1.165, 1.54) is 0 Å². The summed E-state index contributed by atoms with van der Waals surface area (Å²) in [4.78, 5) is 12.8. The van der Waals surface area contributed by atoms with Crippen molar-refractivity contribution in [1.29, 1.82) is 5.26 Å². The minimum Gasteiger partial charge on any atom is -0.444 e. The Morgan fingerprint density at radius 2 is 2.07 bits per heavy atom. The van der Waals surface area contributed by atoms with Crippen molar-refractivity contribution in [1.82, 2.24) is 0 Å². The first-order chi connectivity index (χ1) is 13.6. The molecule has 0 spiro atoms. The molecule has 0 saturated heterocycles. The Morgan fingerprint density at radius 1 is 1.29 bits per heavy atom. The van der Waals surface area contributed by atoms with Crippen LogP contribution in [0.5, 0.6) is 0 Å². The maximum absolute atomic E-state index is 12.8. The number of allylic oxidation sites excluding steroid dienone is 3. The van der Waals surface area contributed by atoms with Crippen molar-refractivity contribution in [2.75, 3.05) is 7.11 Å². The molecule has 142 valence electrons. The van der Waals surface area contributed by atoms with Crippen molar-refractivity contribution in [3.63, 3.8) is 0 Å². The van der Waals surface area contributed by atoms with Gasteiger partial charge in [0.1, 0.15) is 23.0 Å². The zero-order valence-electron chi connectivity index (χ0n) is 15.8. The number of hydrogen-bond donors (Lipinski definition) is 1. The fourth-order valence-electron chi connectivity index (χ4n) is 4.31. The summed E-state index contributed by atoms with van der Waals surface area (Å²) in [6, 6.07) is 12.2. The summed E-state index contributed by atoms with van der Waals surface area (Å²) in [5, 5.41) is 9.78. The lowest BCUT2D eigenvalue weighted by Crippen LogP contribution is -2.45. The number of rotatable bonds is 3. The maximum Gasteiger partial charge on any atom is 0.204 e. The standard InChI is InChI=1S/C23H22N2O3/c1-27-23(12-10-16(11-13-23)15-6-3-2-4-7-15)21-17(14-24)22(25)28-19-9-5-8-18(26)20(19)21/h2-4,6-7,10-12,21H,5,8-9,13,25H2,1H3. The van der Waals surface area contributed by atoms with E-state index in [1.54, 1.807) is 7.11 Å². The summed E-state index contributed by atoms with van der Waals surface area (Å²) >= 11 is 0. The third-order valence-electron chi connectivity index (χ3n) is 5.77. The molecule has 1 heterocycles. The molecule has 1 aliphatic heterocycles. The van der Waals surface area contributed by atoms with Gasteiger partial charge in [-0.05, 0) is 24.0 Å². The van der Waals surface area contributed by atoms with E-state index in [0.29, 0.717) is 30.6 Å². The van der Waals surface area contributed by atoms with Crippen molar-refractivity contribution < 1.29 is 14.3 Å². The fraction of sp³-hybridized carbons (Fsp3) is 0.304. The van der Waals surface area contributed by atoms with Gasteiger partial charge in [-0.25, -0.2) is 0 Å². The molecule has 4 rings (SSSR count). The van der Waals surface area contributed by atoms with E-state index in [4.69, 9.17) is 15.2 Å². The number of nitrogens with two attached hydrogens (primary N) is 1. The van der Waals surface area contributed by atoms with Gasteiger partial charge >= 0.3 is 0 Å². The van der Waals surface area contributed by atoms with E-state index in [-0.39, 0.29) is 17.2 Å². The number of carbonyl (C=O) groups is 1. The molecule has 2 atom stereocenters. The molecular weight excluding hydrogens is 352 g/mol. The maximum atomic E-state index is 12.8. The molecule has 28 heavy (non-hydrogen) atoms. The quantitative estimate of drug-likeness (QED) is 0.871. The lowest BCUT2D eigenvalue weighted by atomic mass is 9.69. The van der Waals surface area contributed by atoms with Crippen LogP contribution in [0.25, 0.3) is 5.57 Å². The molecule has 1 aromatic carbocycles. The molecule has 0 aromatic heterocycles. The highest BCUT2D eigenvalue weighted by molar-refractivity contribution is 5.98. The zero-order chi connectivity index (χ0) is 19.7. The summed E-state index contributed by atoms with van der Waals surface area (Å²) in [5.74, 6) is 0.0991. The number of ether oxygens (including phenoxy) is 2. The second-order valence-corrected chi connectivity index (χ2v) is 7.26. The number of nitriles is 1. The van der Waals surface area contributed by atoms with Crippen molar-refractivity contribution in [2.24, 2.45) is 11.7 Å². The van der Waals surface area contributed by atoms with E-state index in [2.05, 4.69) is 12.1 Å². The second-order valence-electron chi connectivity index (χ2n) is 7.26. The van der Waals surface area contributed by atoms with Crippen LogP contribution in [0, 0.1) is 17.2 Å². The predicted molar refractivity (Wildman–Crippen MR) is 105 cm³/mol. The number of methoxy groups -OCH3 is 1. The van der Waals surface area contributed by atoms with Gasteiger partial charge in [0.25, 0.3) is 0 Å². The first kappa shape index (κ1) is 18.3. The van der Waals surface area contributed by atoms with Gasteiger partial charge in [-0.2, -0.15) is 5.26 Å². The summed E-state index contributed by atoms with van der Waals surface area (Å²) in [7, 11) is 1.61. The average Bonchev–Trinajstić information content (AvgIpc) is 2.74. The van der Waals surface area contributed by atoms with E-state index in [0.717, 1.165) is 17.6 Å². The Balaban J connectivity index is 1.78. The minimum atomic E-state index is -0.856. The van der Waals surface area contributed by atoms with E-state index < -0.39 is 11.5 Å². The Morgan fingerprint density at radius 3 is 2.71 bits per heavy atom. The van der Waals surface area contributed by atoms with Gasteiger partial charge in [0.15, 0.2) is 5.78 Å². The third-order valence-corrected chi connectivity index (χ3v) is 5.77. The Labute approximate surface area is 164 Å². The third kappa shape index (κ3) is 2.87. The van der Waals surface area contributed by atoms with Crippen molar-refractivity contribution in [3.8, 4) is 6.07 Å². The van der Waals surface area contributed by atoms with Crippen molar-refractivity contribution in [3.05, 3.63) is 76.9 Å². The van der Waals surface area contributed by atoms with Crippen LogP contribution >= 0.6 is 0 Å². The minimum absolute atomic E-state index is 0.00848. The predicted octanol–water partition coefficient (Wildman–Crippen LogP) is 3.76. The first-order valence-electron chi connectivity index (χ1n) is 9.43. The largest absolute Gasteiger partial charge is 0.444 e. The van der Waals surface area contributed by atoms with Gasteiger partial charge in [-0.1, -0.05) is 48.6 Å². The molecule has 2 aliphatic carbocycles. The molecule has 0 bridgehead atoms. The molecule has 0 radical (unpaired) electrons. The van der Waals surface area contributed by atoms with Crippen molar-refractivity contribution >= 4 is 11.4 Å². The smallest absolute Gasteiger partial charge is 0.204 e. The molecule has 0 amide bonds. The van der Waals surface area contributed by atoms with Crippen LogP contribution in [0.15, 0.2) is 71.3 Å². The zero-order valence-corrected chi connectivity index (χ0v) is 15.8. The molecule has 1 aromatic rings. The Kier molecular flexibility index (Phi) is 4.66. The SMILES string of the molecule is COC1(C2C(C#N)=C(N)OC3=C2C(=O)CCC3)C=CC(c2ccccc2)=CC1. The molecule has 2 unspecified atom stereocenters. The van der Waals surface area contributed by atoms with Gasteiger partial charge < -0.3 is 15.2 Å². The summed E-state index contributed by atoms with van der Waals surface area (Å²) in [6.45, 7) is 0. The number of nitrogens with zero attached hydrogens (tertiary/aromatic N) is 1. The summed E-state index contributed by atoms with van der Waals surface area (Å²) < 4.78 is 11.6. The monoisotopic (exact) mass is 374 g/mol. The molecule has 0 saturated carbocycles. The molecule has 0 fully saturated rings. The number of Topliss-reactive ketones (excluding diaryl/α,β-unsaturated/α-hetero) is 1. The molecule has 3 aliphatic rings. The normalized spacial score (nSPS) is 27.1. The van der Waals surface area contributed by atoms with Crippen molar-refractivity contribution in [2.45, 2.75) is 31.3 Å². The van der Waals surface area contributed by atoms with Crippen LogP contribution < -0.4 is 5.73 Å². The lowest BCUT2D eigenvalue weighted by Gasteiger charge is -2.42. The summed E-state index contributed by atoms with van der Waals surface area (Å²) in [5.41, 5.74) is 8.21. The number of benzene rings is 1. The van der Waals surface area contributed by atoms with Crippen LogP contribution in [0.2, 0.25) is 0 Å².